The van der Waals surface area contributed by atoms with Gasteiger partial charge in [-0.1, -0.05) is 0 Å². The molecule has 2 rings (SSSR count). The summed E-state index contributed by atoms with van der Waals surface area (Å²) >= 11 is 0. The van der Waals surface area contributed by atoms with E-state index in [2.05, 4.69) is 0 Å². The van der Waals surface area contributed by atoms with Gasteiger partial charge in [0.05, 0.1) is 24.9 Å². The van der Waals surface area contributed by atoms with E-state index in [9.17, 15) is 5.11 Å². The lowest BCUT2D eigenvalue weighted by Gasteiger charge is -2.41. The van der Waals surface area contributed by atoms with Crippen molar-refractivity contribution >= 4 is 0 Å². The van der Waals surface area contributed by atoms with E-state index in [0.29, 0.717) is 13.0 Å². The van der Waals surface area contributed by atoms with Gasteiger partial charge in [0.1, 0.15) is 6.10 Å². The average Bonchev–Trinajstić information content (AvgIpc) is 2.56. The number of aliphatic hydroxyl groups excluding tert-OH is 1. The predicted molar refractivity (Wildman–Crippen MR) is 45.5 cm³/mol. The summed E-state index contributed by atoms with van der Waals surface area (Å²) in [5.41, 5.74) is 0. The summed E-state index contributed by atoms with van der Waals surface area (Å²) in [5, 5.41) is 9.32. The van der Waals surface area contributed by atoms with E-state index in [0.717, 1.165) is 13.0 Å². The van der Waals surface area contributed by atoms with Gasteiger partial charge in [0.25, 0.3) is 0 Å². The van der Waals surface area contributed by atoms with Crippen LogP contribution in [0, 0.1) is 0 Å². The smallest absolute Gasteiger partial charge is 0.109 e. The Labute approximate surface area is 77.8 Å². The molecule has 4 unspecified atom stereocenters. The van der Waals surface area contributed by atoms with Crippen LogP contribution in [0.1, 0.15) is 12.8 Å². The molecular formula is C9H16O4. The van der Waals surface area contributed by atoms with E-state index in [1.807, 2.05) is 0 Å². The Bertz CT molecular complexity index is 167. The Balaban J connectivity index is 1.75. The molecule has 1 aliphatic carbocycles. The molecule has 1 N–H and O–H groups in total. The number of hydrogen-bond donors (Lipinski definition) is 1. The lowest BCUT2D eigenvalue weighted by Crippen LogP contribution is -2.54. The van der Waals surface area contributed by atoms with Crippen molar-refractivity contribution in [3.05, 3.63) is 0 Å². The van der Waals surface area contributed by atoms with Crippen LogP contribution >= 0.6 is 0 Å². The molecule has 0 amide bonds. The largest absolute Gasteiger partial charge is 0.390 e. The third-order valence-electron chi connectivity index (χ3n) is 2.75. The molecule has 4 heteroatoms. The second kappa shape index (κ2) is 3.92. The molecule has 1 saturated heterocycles. The Morgan fingerprint density at radius 1 is 1.46 bits per heavy atom. The molecule has 0 aromatic heterocycles. The Morgan fingerprint density at radius 3 is 2.85 bits per heavy atom. The van der Waals surface area contributed by atoms with Crippen LogP contribution in [0.25, 0.3) is 0 Å². The SMILES string of the molecule is COC1C(O)CC1OC1CCOC1. The molecule has 2 aliphatic rings. The maximum Gasteiger partial charge on any atom is 0.109 e. The summed E-state index contributed by atoms with van der Waals surface area (Å²) in [6.45, 7) is 1.47. The van der Waals surface area contributed by atoms with Crippen molar-refractivity contribution in [2.45, 2.75) is 37.3 Å². The highest BCUT2D eigenvalue weighted by Crippen LogP contribution is 2.29. The molecule has 0 aromatic carbocycles. The van der Waals surface area contributed by atoms with Crippen LogP contribution in [0.3, 0.4) is 0 Å². The normalized spacial score (nSPS) is 44.8. The number of rotatable bonds is 3. The van der Waals surface area contributed by atoms with Gasteiger partial charge in [0.15, 0.2) is 0 Å². The number of aliphatic hydroxyl groups is 1. The van der Waals surface area contributed by atoms with Gasteiger partial charge in [0, 0.05) is 20.1 Å². The average molecular weight is 188 g/mol. The van der Waals surface area contributed by atoms with Crippen molar-refractivity contribution in [2.24, 2.45) is 0 Å². The quantitative estimate of drug-likeness (QED) is 0.674. The van der Waals surface area contributed by atoms with Crippen LogP contribution in [0.5, 0.6) is 0 Å². The summed E-state index contributed by atoms with van der Waals surface area (Å²) in [5.74, 6) is 0. The third kappa shape index (κ3) is 1.86. The van der Waals surface area contributed by atoms with E-state index in [4.69, 9.17) is 14.2 Å². The van der Waals surface area contributed by atoms with E-state index in [-0.39, 0.29) is 24.4 Å². The fraction of sp³-hybridized carbons (Fsp3) is 1.00. The fourth-order valence-corrected chi connectivity index (χ4v) is 1.87. The zero-order chi connectivity index (χ0) is 9.26. The molecule has 0 bridgehead atoms. The van der Waals surface area contributed by atoms with Gasteiger partial charge < -0.3 is 19.3 Å². The van der Waals surface area contributed by atoms with Crippen LogP contribution in [0.15, 0.2) is 0 Å². The van der Waals surface area contributed by atoms with Crippen LogP contribution in [0.2, 0.25) is 0 Å². The maximum absolute atomic E-state index is 9.32. The highest BCUT2D eigenvalue weighted by molar-refractivity contribution is 4.92. The van der Waals surface area contributed by atoms with Gasteiger partial charge in [-0.25, -0.2) is 0 Å². The minimum Gasteiger partial charge on any atom is -0.390 e. The van der Waals surface area contributed by atoms with E-state index in [1.165, 1.54) is 0 Å². The first-order valence-corrected chi connectivity index (χ1v) is 4.75. The summed E-state index contributed by atoms with van der Waals surface area (Å²) in [6.07, 6.45) is 1.43. The van der Waals surface area contributed by atoms with Gasteiger partial charge >= 0.3 is 0 Å². The highest BCUT2D eigenvalue weighted by atomic mass is 16.6. The minimum absolute atomic E-state index is 0.0618. The standard InChI is InChI=1S/C9H16O4/c1-11-9-7(10)4-8(9)13-6-2-3-12-5-6/h6-10H,2-5H2,1H3. The first-order chi connectivity index (χ1) is 6.31. The van der Waals surface area contributed by atoms with E-state index < -0.39 is 0 Å². The van der Waals surface area contributed by atoms with Crippen LogP contribution in [-0.4, -0.2) is 49.8 Å². The lowest BCUT2D eigenvalue weighted by molar-refractivity contribution is -0.197. The number of methoxy groups -OCH3 is 1. The summed E-state index contributed by atoms with van der Waals surface area (Å²) < 4.78 is 16.0. The second-order valence-electron chi connectivity index (χ2n) is 3.66. The molecule has 13 heavy (non-hydrogen) atoms. The molecule has 4 nitrogen and oxygen atoms in total. The summed E-state index contributed by atoms with van der Waals surface area (Å²) in [7, 11) is 1.61. The first-order valence-electron chi connectivity index (χ1n) is 4.75. The summed E-state index contributed by atoms with van der Waals surface area (Å²) in [6, 6.07) is 0. The van der Waals surface area contributed by atoms with Crippen molar-refractivity contribution in [1.29, 1.82) is 0 Å². The Morgan fingerprint density at radius 2 is 2.31 bits per heavy atom. The van der Waals surface area contributed by atoms with Crippen LogP contribution < -0.4 is 0 Å². The molecule has 4 atom stereocenters. The molecule has 0 aromatic rings. The minimum atomic E-state index is -0.350. The van der Waals surface area contributed by atoms with Crippen molar-refractivity contribution in [2.75, 3.05) is 20.3 Å². The van der Waals surface area contributed by atoms with Crippen molar-refractivity contribution in [3.8, 4) is 0 Å². The van der Waals surface area contributed by atoms with Crippen LogP contribution in [-0.2, 0) is 14.2 Å². The number of ether oxygens (including phenoxy) is 3. The zero-order valence-corrected chi connectivity index (χ0v) is 7.81. The number of hydrogen-bond acceptors (Lipinski definition) is 4. The molecule has 0 radical (unpaired) electrons. The van der Waals surface area contributed by atoms with Crippen molar-refractivity contribution < 1.29 is 19.3 Å². The van der Waals surface area contributed by atoms with Gasteiger partial charge in [-0.05, 0) is 6.42 Å². The molecule has 2 fully saturated rings. The first kappa shape index (κ1) is 9.40. The van der Waals surface area contributed by atoms with Gasteiger partial charge in [-0.3, -0.25) is 0 Å². The van der Waals surface area contributed by atoms with Crippen molar-refractivity contribution in [3.63, 3.8) is 0 Å². The monoisotopic (exact) mass is 188 g/mol. The second-order valence-corrected chi connectivity index (χ2v) is 3.66. The Kier molecular flexibility index (Phi) is 2.83. The van der Waals surface area contributed by atoms with Gasteiger partial charge in [-0.15, -0.1) is 0 Å². The molecule has 76 valence electrons. The Hall–Kier alpha value is -0.160. The van der Waals surface area contributed by atoms with Gasteiger partial charge in [0.2, 0.25) is 0 Å². The van der Waals surface area contributed by atoms with E-state index >= 15 is 0 Å². The molecule has 1 heterocycles. The third-order valence-corrected chi connectivity index (χ3v) is 2.75. The molecule has 1 aliphatic heterocycles. The zero-order valence-electron chi connectivity index (χ0n) is 7.81. The van der Waals surface area contributed by atoms with E-state index in [1.54, 1.807) is 7.11 Å². The molecular weight excluding hydrogens is 172 g/mol. The topological polar surface area (TPSA) is 47.9 Å². The maximum atomic E-state index is 9.32. The van der Waals surface area contributed by atoms with Crippen LogP contribution in [0.4, 0.5) is 0 Å². The highest BCUT2D eigenvalue weighted by Gasteiger charge is 2.42. The molecule has 0 spiro atoms. The lowest BCUT2D eigenvalue weighted by atomic mass is 9.88. The van der Waals surface area contributed by atoms with Crippen molar-refractivity contribution in [1.82, 2.24) is 0 Å². The fourth-order valence-electron chi connectivity index (χ4n) is 1.87. The predicted octanol–water partition coefficient (Wildman–Crippen LogP) is -0.0599. The summed E-state index contributed by atoms with van der Waals surface area (Å²) in [4.78, 5) is 0. The molecule has 1 saturated carbocycles. The van der Waals surface area contributed by atoms with Gasteiger partial charge in [-0.2, -0.15) is 0 Å².